The molecule has 5 saturated heterocycles. The Kier molecular flexibility index (Phi) is 94.1. The van der Waals surface area contributed by atoms with Gasteiger partial charge in [-0.25, -0.2) is 18.3 Å². The lowest BCUT2D eigenvalue weighted by atomic mass is 10.1. The lowest BCUT2D eigenvalue weighted by Crippen LogP contribution is -3.16. The summed E-state index contributed by atoms with van der Waals surface area (Å²) in [7, 11) is 6.73. The number of quaternary nitrogens is 6. The number of aryl methyl sites for hydroxylation is 1. The molecule has 5 aromatic heterocycles. The molecule has 0 unspecified atom stereocenters. The minimum atomic E-state index is -0.0694. The molecule has 10 heterocycles. The van der Waals surface area contributed by atoms with E-state index >= 15 is 0 Å². The highest BCUT2D eigenvalue weighted by Gasteiger charge is 2.30. The van der Waals surface area contributed by atoms with Gasteiger partial charge < -0.3 is 51.7 Å². The maximum Gasteiger partial charge on any atom is 0.334 e. The topological polar surface area (TPSA) is 113 Å². The molecule has 5 aliphatic heterocycles. The minimum Gasteiger partial charge on any atom is -0.632 e. The van der Waals surface area contributed by atoms with Crippen LogP contribution in [0.2, 0.25) is 0 Å². The predicted octanol–water partition coefficient (Wildman–Crippen LogP) is 19.4. The molecule has 0 saturated carbocycles. The Morgan fingerprint density at radius 3 is 1.09 bits per heavy atom. The fraction of sp³-hybridized carbons (Fsp3) is 0.817. The summed E-state index contributed by atoms with van der Waals surface area (Å²) >= 11 is 1.73. The molecule has 10 rings (SSSR count). The molecule has 112 heavy (non-hydrogen) atoms. The van der Waals surface area contributed by atoms with Gasteiger partial charge in [0.05, 0.1) is 160 Å². The number of hydrogen-bond donors (Lipinski definition) is 3. The van der Waals surface area contributed by atoms with Gasteiger partial charge >= 0.3 is 6.39 Å². The zero-order valence-corrected chi connectivity index (χ0v) is 71.1. The molecule has 5 aliphatic rings. The van der Waals surface area contributed by atoms with Crippen molar-refractivity contribution in [1.29, 1.82) is 0 Å². The third-order valence-corrected chi connectivity index (χ3v) is 22.0. The highest BCUT2D eigenvalue weighted by atomic mass is 32.1. The molecule has 0 amide bonds. The summed E-state index contributed by atoms with van der Waals surface area (Å²) in [6, 6.07) is 13.1. The van der Waals surface area contributed by atoms with Gasteiger partial charge in [0.15, 0.2) is 43.0 Å². The average molecular weight is 1630 g/mol. The van der Waals surface area contributed by atoms with Crippen molar-refractivity contribution in [1.82, 2.24) is 9.55 Å². The number of hydrogen-bond acceptors (Lipinski definition) is 6. The lowest BCUT2D eigenvalue weighted by Gasteiger charge is -2.48. The van der Waals surface area contributed by atoms with Gasteiger partial charge in [0, 0.05) is 12.1 Å². The largest absolute Gasteiger partial charge is 0.632 e. The van der Waals surface area contributed by atoms with E-state index in [1.165, 1.54) is 124 Å². The van der Waals surface area contributed by atoms with E-state index in [0.29, 0.717) is 56.5 Å². The molecule has 0 aliphatic carbocycles. The first-order chi connectivity index (χ1) is 47.1. The molecule has 0 atom stereocenters. The lowest BCUT2D eigenvalue weighted by molar-refractivity contribution is -0.943. The Bertz CT molecular complexity index is 2370. The number of aromatic amines is 1. The molecule has 0 aromatic carbocycles. The van der Waals surface area contributed by atoms with Crippen LogP contribution in [0.3, 0.4) is 0 Å². The Morgan fingerprint density at radius 1 is 0.455 bits per heavy atom. The van der Waals surface area contributed by atoms with Crippen LogP contribution in [0, 0.1) is 5.21 Å². The van der Waals surface area contributed by atoms with E-state index in [1.54, 1.807) is 33.8 Å². The number of imidazole rings is 2. The van der Waals surface area contributed by atoms with E-state index in [9.17, 15) is 5.21 Å². The number of thiazole rings is 1. The fourth-order valence-corrected chi connectivity index (χ4v) is 12.7. The van der Waals surface area contributed by atoms with Crippen molar-refractivity contribution in [3.05, 3.63) is 109 Å². The third-order valence-electron chi connectivity index (χ3n) is 21.3. The smallest absolute Gasteiger partial charge is 0.334 e. The molecule has 19 heteroatoms. The van der Waals surface area contributed by atoms with Crippen LogP contribution in [0.4, 0.5) is 0 Å². The third kappa shape index (κ3) is 58.8. The number of rotatable bonds is 14. The minimum absolute atomic E-state index is 0. The number of nitrogens with zero attached hydrogens (tertiary/aromatic N) is 10. The second-order valence-electron chi connectivity index (χ2n) is 31.7. The van der Waals surface area contributed by atoms with Crippen LogP contribution in [0.15, 0.2) is 108 Å². The van der Waals surface area contributed by atoms with Gasteiger partial charge in [-0.05, 0) is 212 Å². The SMILES string of the molecule is C.C.C.C.C.C.C.C.C.C.C.C.CC(C)[N+]1(C)CCCCC1.CC(C)[N+]1(C)CCOCC1.CC(C)[N+]1([O-])CCOCC1.CC(C)[NH+]1CCCCC1.CC(C)[NH+]1CCOCC1.CC(C)[n+]1cc[nH]c1.CC(C)[n+]1ccccc1.CC(C)[n+]1ccoc1.CC(C)[n+]1ccsc1.CC(C)n1cc[n+](C)c1.CC[N+](CC)(CC)C(C)C. The number of piperidine rings is 2. The summed E-state index contributed by atoms with van der Waals surface area (Å²) in [5, 5.41) is 13.8. The quantitative estimate of drug-likeness (QED) is 0.0582. The highest BCUT2D eigenvalue weighted by Crippen LogP contribution is 2.20. The molecule has 0 radical (unpaired) electrons. The molecule has 0 bridgehead atoms. The van der Waals surface area contributed by atoms with Crippen LogP contribution in [0.5, 0.6) is 0 Å². The van der Waals surface area contributed by atoms with Crippen LogP contribution in [0.25, 0.3) is 0 Å². The van der Waals surface area contributed by atoms with E-state index in [0.717, 1.165) is 56.6 Å². The average Bonchev–Trinajstić information content (AvgIpc) is 1.13. The van der Waals surface area contributed by atoms with Crippen molar-refractivity contribution in [3.63, 3.8) is 0 Å². The molecular weight excluding hydrogens is 1410 g/mol. The molecule has 3 N–H and O–H groups in total. The summed E-state index contributed by atoms with van der Waals surface area (Å²) in [6.07, 6.45) is 32.3. The normalized spacial score (nSPS) is 15.5. The van der Waals surface area contributed by atoms with Crippen LogP contribution < -0.4 is 32.6 Å². The van der Waals surface area contributed by atoms with Crippen molar-refractivity contribution < 1.29 is 69.4 Å². The maximum absolute atomic E-state index is 11.7. The number of pyridine rings is 1. The van der Waals surface area contributed by atoms with Gasteiger partial charge in [-0.15, -0.1) is 0 Å². The van der Waals surface area contributed by atoms with Crippen LogP contribution in [-0.4, -0.2) is 203 Å². The van der Waals surface area contributed by atoms with E-state index in [1.807, 2.05) is 79.3 Å². The summed E-state index contributed by atoms with van der Waals surface area (Å²) in [6.45, 7) is 75.8. The number of likely N-dealkylation sites (N-methyl/N-ethyl adjacent to an activating group) is 1. The van der Waals surface area contributed by atoms with Gasteiger partial charge in [0.2, 0.25) is 24.4 Å². The Morgan fingerprint density at radius 2 is 0.866 bits per heavy atom. The summed E-state index contributed by atoms with van der Waals surface area (Å²) in [4.78, 5) is 6.46. The van der Waals surface area contributed by atoms with Gasteiger partial charge in [-0.1, -0.05) is 107 Å². The molecule has 5 fully saturated rings. The van der Waals surface area contributed by atoms with Gasteiger partial charge in [0.25, 0.3) is 0 Å². The van der Waals surface area contributed by atoms with E-state index < -0.39 is 0 Å². The second-order valence-corrected chi connectivity index (χ2v) is 32.5. The summed E-state index contributed by atoms with van der Waals surface area (Å²) < 4.78 is 36.8. The van der Waals surface area contributed by atoms with Crippen molar-refractivity contribution in [2.24, 2.45) is 7.05 Å². The van der Waals surface area contributed by atoms with Gasteiger partial charge in [-0.2, -0.15) is 9.13 Å². The Hall–Kier alpha value is -3.99. The molecule has 676 valence electrons. The molecule has 18 nitrogen and oxygen atoms in total. The zero-order chi connectivity index (χ0) is 75.9. The number of hydroxylamine groups is 3. The van der Waals surface area contributed by atoms with Crippen LogP contribution in [-0.2, 0) is 21.3 Å². The molecule has 5 aromatic rings. The van der Waals surface area contributed by atoms with Crippen LogP contribution >= 0.6 is 11.3 Å². The first kappa shape index (κ1) is 137. The zero-order valence-electron chi connectivity index (χ0n) is 70.3. The summed E-state index contributed by atoms with van der Waals surface area (Å²) in [5.41, 5.74) is 2.12. The van der Waals surface area contributed by atoms with E-state index in [2.05, 4.69) is 239 Å². The first-order valence-corrected chi connectivity index (χ1v) is 40.5. The number of ether oxygens (including phenoxy) is 3. The van der Waals surface area contributed by atoms with Gasteiger partial charge in [0.1, 0.15) is 64.1 Å². The van der Waals surface area contributed by atoms with Crippen molar-refractivity contribution in [2.45, 2.75) is 367 Å². The van der Waals surface area contributed by atoms with Crippen molar-refractivity contribution >= 4 is 11.3 Å². The number of oxazole rings is 1. The van der Waals surface area contributed by atoms with E-state index in [-0.39, 0.29) is 99.8 Å². The van der Waals surface area contributed by atoms with Crippen molar-refractivity contribution in [3.8, 4) is 0 Å². The van der Waals surface area contributed by atoms with Crippen LogP contribution in [0.1, 0.15) is 331 Å². The van der Waals surface area contributed by atoms with E-state index in [4.69, 9.17) is 18.6 Å². The monoisotopic (exact) mass is 1620 g/mol. The number of morpholine rings is 3. The Balaban J connectivity index is -0.0000000866. The highest BCUT2D eigenvalue weighted by molar-refractivity contribution is 7.07. The first-order valence-electron chi connectivity index (χ1n) is 39.5. The number of aromatic nitrogens is 7. The molecule has 0 spiro atoms. The standard InChI is InChI=1S/C9H20N.C9H22N.C8H18NO.C8H17N.C8H12N.C7H13N2.C7H15NO2.C7H15NO.C6H10N2.C6H10NO.C6H10NS.12CH4/c1-9(2)10(3)7-5-4-6-8-10;1-6-10(7-2,8-3)9(4)5;1-8(2)9(3)4-6-10-7-5-9;2*1-8(2)9-6-4-3-5-7-9;1-7(2)9-5-4-8(3)6-9;1-7(2)8(9)3-5-10-6-4-8;1-7(2)8-3-5-9-6-4-8;1-6(2)8-4-3-7-5-8;2*1-6(2)7-3-4-8-5-7;;;;;;;;;;;;/h9H,4-8H2,1-3H3;9H,6-8H2,1-5H3;8H,4-7H2,1-3H3;8H,3-7H2,1-2H3;3-8H,1-2H3;4-7H,1-3H3;7H,3-6H2,1-2H3;7H,3-6H2,1-2H3;3*3-6H,1-2H3;12*1H4/q3*+1;;2*+1;;;;2*+1;;;;;;;;;;;;/p+3. The maximum atomic E-state index is 11.7. The second kappa shape index (κ2) is 77.0. The fourth-order valence-electron chi connectivity index (χ4n) is 12.0. The number of H-pyrrole nitrogens is 1. The summed E-state index contributed by atoms with van der Waals surface area (Å²) in [5.74, 6) is 0. The Labute approximate surface area is 708 Å². The number of likely N-dealkylation sites (tertiary alicyclic amines) is 2. The molecular formula is C93H213N13O5S+10. The number of nitrogens with one attached hydrogen (secondary N) is 3. The van der Waals surface area contributed by atoms with Gasteiger partial charge in [-0.3, -0.25) is 4.98 Å². The predicted molar refractivity (Wildman–Crippen MR) is 499 cm³/mol. The van der Waals surface area contributed by atoms with Crippen molar-refractivity contribution in [2.75, 3.05) is 139 Å².